The van der Waals surface area contributed by atoms with E-state index < -0.39 is 18.1 Å². The molecule has 0 spiro atoms. The molecule has 1 aliphatic heterocycles. The average molecular weight is 453 g/mol. The quantitative estimate of drug-likeness (QED) is 0.521. The summed E-state index contributed by atoms with van der Waals surface area (Å²) in [4.78, 5) is 30.4. The number of rotatable bonds is 6. The zero-order valence-electron chi connectivity index (χ0n) is 18.0. The molecule has 2 aliphatic carbocycles. The molecule has 10 nitrogen and oxygen atoms in total. The van der Waals surface area contributed by atoms with E-state index >= 15 is 0 Å². The summed E-state index contributed by atoms with van der Waals surface area (Å²) in [6.07, 6.45) is 3.27. The van der Waals surface area contributed by atoms with Gasteiger partial charge in [-0.05, 0) is 25.0 Å². The summed E-state index contributed by atoms with van der Waals surface area (Å²) in [6.45, 7) is 1.39. The van der Waals surface area contributed by atoms with Gasteiger partial charge in [0.25, 0.3) is 11.5 Å². The summed E-state index contributed by atoms with van der Waals surface area (Å²) < 4.78 is 22.3. The van der Waals surface area contributed by atoms with Crippen LogP contribution in [0.1, 0.15) is 29.2 Å². The number of ether oxygens (including phenoxy) is 1. The number of fused-ring (bicyclic) bond motifs is 2. The Bertz CT molecular complexity index is 1290. The van der Waals surface area contributed by atoms with Crippen LogP contribution in [0.4, 0.5) is 21.7 Å². The number of amides is 1. The van der Waals surface area contributed by atoms with E-state index in [4.69, 9.17) is 4.74 Å². The van der Waals surface area contributed by atoms with Crippen LogP contribution in [0.25, 0.3) is 5.65 Å². The van der Waals surface area contributed by atoms with E-state index in [9.17, 15) is 14.0 Å². The van der Waals surface area contributed by atoms with Gasteiger partial charge in [-0.1, -0.05) is 0 Å². The van der Waals surface area contributed by atoms with Crippen LogP contribution in [-0.2, 0) is 4.74 Å². The Kier molecular flexibility index (Phi) is 4.61. The fourth-order valence-electron chi connectivity index (χ4n) is 4.83. The van der Waals surface area contributed by atoms with Gasteiger partial charge in [-0.15, -0.1) is 0 Å². The molecule has 2 saturated carbocycles. The Labute approximate surface area is 188 Å². The zero-order valence-corrected chi connectivity index (χ0v) is 18.0. The van der Waals surface area contributed by atoms with Crippen LogP contribution in [0.5, 0.6) is 0 Å². The van der Waals surface area contributed by atoms with E-state index in [2.05, 4.69) is 26.0 Å². The number of alkyl halides is 1. The third-order valence-corrected chi connectivity index (χ3v) is 6.94. The molecule has 172 valence electrons. The molecule has 33 heavy (non-hydrogen) atoms. The summed E-state index contributed by atoms with van der Waals surface area (Å²) in [7, 11) is 1.73. The molecule has 1 saturated heterocycles. The smallest absolute Gasteiger partial charge is 0.274 e. The van der Waals surface area contributed by atoms with E-state index in [0.29, 0.717) is 60.9 Å². The van der Waals surface area contributed by atoms with Crippen molar-refractivity contribution in [1.82, 2.24) is 24.5 Å². The minimum Gasteiger partial charge on any atom is -0.381 e. The highest BCUT2D eigenvalue weighted by molar-refractivity contribution is 6.00. The zero-order chi connectivity index (χ0) is 22.7. The third kappa shape index (κ3) is 3.26. The van der Waals surface area contributed by atoms with Gasteiger partial charge in [-0.2, -0.15) is 9.61 Å². The lowest BCUT2D eigenvalue weighted by Gasteiger charge is -2.30. The van der Waals surface area contributed by atoms with Crippen molar-refractivity contribution < 1.29 is 13.9 Å². The fourth-order valence-corrected chi connectivity index (χ4v) is 4.83. The molecule has 3 fully saturated rings. The van der Waals surface area contributed by atoms with E-state index in [1.807, 2.05) is 12.3 Å². The summed E-state index contributed by atoms with van der Waals surface area (Å²) >= 11 is 0. The molecule has 3 N–H and O–H groups in total. The molecule has 1 amide bonds. The first kappa shape index (κ1) is 20.2. The Morgan fingerprint density at radius 3 is 2.79 bits per heavy atom. The monoisotopic (exact) mass is 453 g/mol. The molecule has 3 aromatic rings. The number of nitrogens with one attached hydrogen (secondary N) is 3. The Morgan fingerprint density at radius 1 is 1.27 bits per heavy atom. The molecule has 11 heteroatoms. The van der Waals surface area contributed by atoms with Crippen LogP contribution >= 0.6 is 0 Å². The van der Waals surface area contributed by atoms with E-state index in [1.165, 1.54) is 10.7 Å². The first-order valence-electron chi connectivity index (χ1n) is 11.1. The number of carbonyl (C=O) groups is 1. The fraction of sp³-hybridized carbons (Fsp3) is 0.455. The van der Waals surface area contributed by atoms with Gasteiger partial charge in [0.1, 0.15) is 29.1 Å². The Balaban J connectivity index is 1.31. The van der Waals surface area contributed by atoms with E-state index in [0.717, 1.165) is 0 Å². The second-order valence-electron chi connectivity index (χ2n) is 8.86. The number of hydrogen-bond acceptors (Lipinski definition) is 7. The lowest BCUT2D eigenvalue weighted by atomic mass is 9.90. The largest absolute Gasteiger partial charge is 0.381 e. The van der Waals surface area contributed by atoms with Crippen LogP contribution in [-0.4, -0.2) is 57.5 Å². The molecule has 3 aliphatic rings. The van der Waals surface area contributed by atoms with Crippen molar-refractivity contribution in [3.63, 3.8) is 0 Å². The lowest BCUT2D eigenvalue weighted by molar-refractivity contribution is 0.0826. The van der Waals surface area contributed by atoms with Gasteiger partial charge in [-0.25, -0.2) is 9.37 Å². The van der Waals surface area contributed by atoms with Crippen molar-refractivity contribution >= 4 is 28.9 Å². The summed E-state index contributed by atoms with van der Waals surface area (Å²) in [6, 6.07) is 4.95. The summed E-state index contributed by atoms with van der Waals surface area (Å²) in [5.41, 5.74) is 0.810. The third-order valence-electron chi connectivity index (χ3n) is 6.94. The number of nitrogens with zero attached hydrogens (tertiary/aromatic N) is 4. The van der Waals surface area contributed by atoms with Crippen LogP contribution in [0, 0.1) is 11.8 Å². The predicted octanol–water partition coefficient (Wildman–Crippen LogP) is 1.72. The number of anilines is 3. The number of carbonyl (C=O) groups excluding carboxylic acids is 1. The maximum Gasteiger partial charge on any atom is 0.274 e. The topological polar surface area (TPSA) is 115 Å². The first-order chi connectivity index (χ1) is 16.0. The molecule has 4 heterocycles. The molecular weight excluding hydrogens is 429 g/mol. The molecule has 0 aromatic carbocycles. The summed E-state index contributed by atoms with van der Waals surface area (Å²) in [5, 5.41) is 13.1. The first-order valence-corrected chi connectivity index (χ1v) is 11.1. The van der Waals surface area contributed by atoms with Crippen LogP contribution in [0.2, 0.25) is 0 Å². The van der Waals surface area contributed by atoms with E-state index in [1.54, 1.807) is 23.7 Å². The van der Waals surface area contributed by atoms with Crippen LogP contribution < -0.4 is 21.5 Å². The summed E-state index contributed by atoms with van der Waals surface area (Å²) in [5.74, 6) is 1.35. The normalized spacial score (nSPS) is 27.6. The van der Waals surface area contributed by atoms with Gasteiger partial charge in [0.05, 0.1) is 25.5 Å². The van der Waals surface area contributed by atoms with Gasteiger partial charge in [0, 0.05) is 37.2 Å². The van der Waals surface area contributed by atoms with Crippen molar-refractivity contribution in [2.75, 3.05) is 30.9 Å². The second kappa shape index (κ2) is 7.55. The Hall–Kier alpha value is -3.47. The minimum absolute atomic E-state index is 0.130. The molecule has 3 aromatic heterocycles. The number of aromatic nitrogens is 4. The van der Waals surface area contributed by atoms with Gasteiger partial charge in [0.2, 0.25) is 0 Å². The molecular formula is C22H24FN7O3. The van der Waals surface area contributed by atoms with Crippen molar-refractivity contribution in [3.8, 4) is 0 Å². The molecule has 5 atom stereocenters. The molecule has 0 bridgehead atoms. The maximum absolute atomic E-state index is 13.6. The highest BCUT2D eigenvalue weighted by Crippen LogP contribution is 2.53. The molecule has 0 unspecified atom stereocenters. The van der Waals surface area contributed by atoms with Gasteiger partial charge < -0.3 is 25.3 Å². The predicted molar refractivity (Wildman–Crippen MR) is 119 cm³/mol. The molecule has 6 rings (SSSR count). The van der Waals surface area contributed by atoms with Crippen molar-refractivity contribution in [2.24, 2.45) is 11.8 Å². The standard InChI is InChI=1S/C22H24FN7O3/c1-24-18-7-17(26-16-3-2-6-29(22(16)32)19-12-9-33-10-13(12)19)28-20-11(8-25-30(18)20)21(31)27-15-5-4-14(15)23/h2-3,6-8,12-15,19,24H,4-5,9-10H2,1H3,(H,26,28)(H,27,31)/t12-,13+,14-,15-,19+/m0/s1. The van der Waals surface area contributed by atoms with Crippen molar-refractivity contribution in [3.05, 3.63) is 46.5 Å². The van der Waals surface area contributed by atoms with Gasteiger partial charge in [-0.3, -0.25) is 9.59 Å². The van der Waals surface area contributed by atoms with Crippen LogP contribution in [0.15, 0.2) is 35.4 Å². The van der Waals surface area contributed by atoms with Gasteiger partial charge >= 0.3 is 0 Å². The SMILES string of the molecule is CNc1cc(Nc2cccn([C@H]3[C@@H]4COC[C@@H]43)c2=O)nc2c(C(=O)N[C@H]3CC[C@@H]3F)cnn12. The average Bonchev–Trinajstić information content (AvgIpc) is 3.15. The highest BCUT2D eigenvalue weighted by Gasteiger charge is 2.55. The van der Waals surface area contributed by atoms with Gasteiger partial charge in [0.15, 0.2) is 5.65 Å². The second-order valence-corrected chi connectivity index (χ2v) is 8.86. The van der Waals surface area contributed by atoms with Crippen molar-refractivity contribution in [2.45, 2.75) is 31.1 Å². The minimum atomic E-state index is -1.02. The Morgan fingerprint density at radius 2 is 2.09 bits per heavy atom. The van der Waals surface area contributed by atoms with Crippen molar-refractivity contribution in [1.29, 1.82) is 0 Å². The number of halogens is 1. The number of hydrogen-bond donors (Lipinski definition) is 3. The van der Waals surface area contributed by atoms with Crippen LogP contribution in [0.3, 0.4) is 0 Å². The lowest BCUT2D eigenvalue weighted by Crippen LogP contribution is -2.48. The maximum atomic E-state index is 13.6. The highest BCUT2D eigenvalue weighted by atomic mass is 19.1. The number of pyridine rings is 1. The van der Waals surface area contributed by atoms with E-state index in [-0.39, 0.29) is 17.2 Å². The molecule has 0 radical (unpaired) electrons.